The van der Waals surface area contributed by atoms with Crippen molar-refractivity contribution in [3.63, 3.8) is 0 Å². The van der Waals surface area contributed by atoms with Gasteiger partial charge in [-0.1, -0.05) is 26.2 Å². The molecule has 0 aliphatic carbocycles. The van der Waals surface area contributed by atoms with E-state index in [1.165, 1.54) is 36.2 Å². The molecule has 0 aliphatic rings. The van der Waals surface area contributed by atoms with Crippen LogP contribution < -0.4 is 0 Å². The summed E-state index contributed by atoms with van der Waals surface area (Å²) in [6.07, 6.45) is 4.33. The minimum absolute atomic E-state index is 0.286. The van der Waals surface area contributed by atoms with Gasteiger partial charge in [0.05, 0.1) is 6.10 Å². The first-order valence-electron chi connectivity index (χ1n) is 6.24. The molecule has 2 nitrogen and oxygen atoms in total. The van der Waals surface area contributed by atoms with E-state index in [4.69, 9.17) is 0 Å². The van der Waals surface area contributed by atoms with Crippen molar-refractivity contribution < 1.29 is 10.2 Å². The molecule has 0 saturated heterocycles. The SMILES string of the molecule is CCCCCCc1ccsc1C(O)C(O)CS. The molecule has 0 spiro atoms. The zero-order chi connectivity index (χ0) is 12.7. The highest BCUT2D eigenvalue weighted by atomic mass is 32.1. The number of aryl methyl sites for hydroxylation is 1. The van der Waals surface area contributed by atoms with Gasteiger partial charge in [0.1, 0.15) is 6.10 Å². The van der Waals surface area contributed by atoms with E-state index in [1.807, 2.05) is 5.38 Å². The summed E-state index contributed by atoms with van der Waals surface area (Å²) in [6, 6.07) is 2.06. The molecule has 2 atom stereocenters. The number of unbranched alkanes of at least 4 members (excludes halogenated alkanes) is 3. The lowest BCUT2D eigenvalue weighted by Crippen LogP contribution is -2.19. The Kier molecular flexibility index (Phi) is 7.19. The van der Waals surface area contributed by atoms with Crippen molar-refractivity contribution >= 4 is 24.0 Å². The van der Waals surface area contributed by atoms with Crippen molar-refractivity contribution in [3.05, 3.63) is 21.9 Å². The molecule has 1 rings (SSSR count). The van der Waals surface area contributed by atoms with Crippen molar-refractivity contribution in [2.24, 2.45) is 0 Å². The van der Waals surface area contributed by atoms with Gasteiger partial charge in [0.2, 0.25) is 0 Å². The van der Waals surface area contributed by atoms with Gasteiger partial charge >= 0.3 is 0 Å². The summed E-state index contributed by atoms with van der Waals surface area (Å²) in [7, 11) is 0. The van der Waals surface area contributed by atoms with Gasteiger partial charge in [0.15, 0.2) is 0 Å². The second-order valence-electron chi connectivity index (χ2n) is 4.32. The molecule has 0 bridgehead atoms. The van der Waals surface area contributed by atoms with E-state index in [0.29, 0.717) is 0 Å². The van der Waals surface area contributed by atoms with Crippen LogP contribution in [0.1, 0.15) is 49.2 Å². The average Bonchev–Trinajstić information content (AvgIpc) is 2.81. The first-order valence-corrected chi connectivity index (χ1v) is 7.75. The maximum Gasteiger partial charge on any atom is 0.115 e. The highest BCUT2D eigenvalue weighted by Crippen LogP contribution is 2.28. The Morgan fingerprint density at radius 3 is 2.71 bits per heavy atom. The van der Waals surface area contributed by atoms with E-state index in [-0.39, 0.29) is 5.75 Å². The molecule has 0 saturated carbocycles. The lowest BCUT2D eigenvalue weighted by Gasteiger charge is -2.16. The minimum atomic E-state index is -0.784. The van der Waals surface area contributed by atoms with E-state index in [2.05, 4.69) is 25.6 Å². The molecule has 2 unspecified atom stereocenters. The summed E-state index contributed by atoms with van der Waals surface area (Å²) >= 11 is 5.53. The molecule has 0 fully saturated rings. The molecule has 4 heteroatoms. The summed E-state index contributed by atoms with van der Waals surface area (Å²) in [5, 5.41) is 21.6. The number of thiophene rings is 1. The Morgan fingerprint density at radius 2 is 2.06 bits per heavy atom. The quantitative estimate of drug-likeness (QED) is 0.503. The third kappa shape index (κ3) is 4.62. The average molecular weight is 274 g/mol. The Morgan fingerprint density at radius 1 is 1.29 bits per heavy atom. The van der Waals surface area contributed by atoms with Gasteiger partial charge in [-0.25, -0.2) is 0 Å². The summed E-state index contributed by atoms with van der Waals surface area (Å²) < 4.78 is 0. The topological polar surface area (TPSA) is 40.5 Å². The van der Waals surface area contributed by atoms with Crippen LogP contribution in [-0.4, -0.2) is 22.1 Å². The second-order valence-corrected chi connectivity index (χ2v) is 5.63. The monoisotopic (exact) mass is 274 g/mol. The predicted molar refractivity (Wildman–Crippen MR) is 77.0 cm³/mol. The molecule has 0 amide bonds. The Balaban J connectivity index is 2.53. The van der Waals surface area contributed by atoms with Crippen LogP contribution in [-0.2, 0) is 6.42 Å². The molecule has 0 radical (unpaired) electrons. The fourth-order valence-corrected chi connectivity index (χ4v) is 3.03. The van der Waals surface area contributed by atoms with Crippen LogP contribution >= 0.6 is 24.0 Å². The maximum atomic E-state index is 9.97. The number of hydrogen-bond acceptors (Lipinski definition) is 4. The van der Waals surface area contributed by atoms with Gasteiger partial charge in [-0.05, 0) is 29.9 Å². The Hall–Kier alpha value is -0.0300. The zero-order valence-corrected chi connectivity index (χ0v) is 12.0. The number of aliphatic hydroxyl groups excluding tert-OH is 2. The summed E-state index contributed by atoms with van der Waals surface area (Å²) in [4.78, 5) is 0.906. The van der Waals surface area contributed by atoms with Crippen LogP contribution in [0.15, 0.2) is 11.4 Å². The summed E-state index contributed by atoms with van der Waals surface area (Å²) in [5.41, 5.74) is 1.18. The largest absolute Gasteiger partial charge is 0.389 e. The lowest BCUT2D eigenvalue weighted by molar-refractivity contribution is 0.0355. The van der Waals surface area contributed by atoms with Crippen molar-refractivity contribution in [1.82, 2.24) is 0 Å². The van der Waals surface area contributed by atoms with Gasteiger partial charge in [0, 0.05) is 10.6 Å². The van der Waals surface area contributed by atoms with Crippen LogP contribution in [0, 0.1) is 0 Å². The number of hydrogen-bond donors (Lipinski definition) is 3. The van der Waals surface area contributed by atoms with Crippen molar-refractivity contribution in [2.45, 2.75) is 51.2 Å². The molecular weight excluding hydrogens is 252 g/mol. The van der Waals surface area contributed by atoms with Crippen LogP contribution in [0.3, 0.4) is 0 Å². The molecule has 0 aliphatic heterocycles. The third-order valence-electron chi connectivity index (χ3n) is 2.90. The molecule has 17 heavy (non-hydrogen) atoms. The molecular formula is C13H22O2S2. The molecule has 2 N–H and O–H groups in total. The van der Waals surface area contributed by atoms with Crippen molar-refractivity contribution in [1.29, 1.82) is 0 Å². The van der Waals surface area contributed by atoms with Crippen LogP contribution in [0.2, 0.25) is 0 Å². The van der Waals surface area contributed by atoms with Crippen LogP contribution in [0.4, 0.5) is 0 Å². The minimum Gasteiger partial charge on any atom is -0.389 e. The number of aliphatic hydroxyl groups is 2. The van der Waals surface area contributed by atoms with Crippen molar-refractivity contribution in [3.8, 4) is 0 Å². The van der Waals surface area contributed by atoms with Gasteiger partial charge in [-0.3, -0.25) is 0 Å². The standard InChI is InChI=1S/C13H22O2S2/c1-2-3-4-5-6-10-7-8-17-13(10)12(15)11(14)9-16/h7-8,11-12,14-16H,2-6,9H2,1H3. The van der Waals surface area contributed by atoms with Gasteiger partial charge in [-0.2, -0.15) is 12.6 Å². The zero-order valence-electron chi connectivity index (χ0n) is 10.3. The normalized spacial score (nSPS) is 14.8. The molecule has 98 valence electrons. The third-order valence-corrected chi connectivity index (χ3v) is 4.30. The van der Waals surface area contributed by atoms with E-state index < -0.39 is 12.2 Å². The van der Waals surface area contributed by atoms with Gasteiger partial charge in [0.25, 0.3) is 0 Å². The number of rotatable bonds is 8. The first kappa shape index (κ1) is 15.0. The smallest absolute Gasteiger partial charge is 0.115 e. The Bertz CT molecular complexity index is 312. The van der Waals surface area contributed by atoms with Crippen LogP contribution in [0.25, 0.3) is 0 Å². The fourth-order valence-electron chi connectivity index (χ4n) is 1.83. The maximum absolute atomic E-state index is 9.97. The molecule has 1 heterocycles. The second kappa shape index (κ2) is 8.14. The highest BCUT2D eigenvalue weighted by molar-refractivity contribution is 7.80. The van der Waals surface area contributed by atoms with Crippen molar-refractivity contribution in [2.75, 3.05) is 5.75 Å². The number of thiol groups is 1. The van der Waals surface area contributed by atoms with E-state index >= 15 is 0 Å². The van der Waals surface area contributed by atoms with Gasteiger partial charge in [-0.15, -0.1) is 11.3 Å². The van der Waals surface area contributed by atoms with E-state index in [1.54, 1.807) is 0 Å². The lowest BCUT2D eigenvalue weighted by atomic mass is 10.0. The molecule has 1 aromatic heterocycles. The molecule has 0 aromatic carbocycles. The summed E-state index contributed by atoms with van der Waals surface area (Å²) in [5.74, 6) is 0.286. The highest BCUT2D eigenvalue weighted by Gasteiger charge is 2.20. The Labute approximate surface area is 113 Å². The van der Waals surface area contributed by atoms with Crippen LogP contribution in [0.5, 0.6) is 0 Å². The van der Waals surface area contributed by atoms with Gasteiger partial charge < -0.3 is 10.2 Å². The molecule has 1 aromatic rings. The first-order chi connectivity index (χ1) is 8.20. The van der Waals surface area contributed by atoms with E-state index in [0.717, 1.165) is 17.7 Å². The van der Waals surface area contributed by atoms with E-state index in [9.17, 15) is 10.2 Å². The summed E-state index contributed by atoms with van der Waals surface area (Å²) in [6.45, 7) is 2.20. The predicted octanol–water partition coefficient (Wildman–Crippen LogP) is 3.20. The fraction of sp³-hybridized carbons (Fsp3) is 0.692.